The van der Waals surface area contributed by atoms with Crippen molar-refractivity contribution in [2.24, 2.45) is 0 Å². The van der Waals surface area contributed by atoms with Crippen molar-refractivity contribution in [3.05, 3.63) is 29.0 Å². The maximum atomic E-state index is 6.10. The largest absolute Gasteiger partial charge is 0.496 e. The third-order valence-corrected chi connectivity index (χ3v) is 2.83. The molecule has 0 fully saturated rings. The van der Waals surface area contributed by atoms with E-state index in [1.54, 1.807) is 20.4 Å². The third kappa shape index (κ3) is 1.57. The van der Waals surface area contributed by atoms with E-state index in [0.717, 1.165) is 22.1 Å². The van der Waals surface area contributed by atoms with Gasteiger partial charge in [0.15, 0.2) is 0 Å². The minimum Gasteiger partial charge on any atom is -0.496 e. The molecule has 0 N–H and O–H groups in total. The Balaban J connectivity index is 2.95. The van der Waals surface area contributed by atoms with Gasteiger partial charge in [0.05, 0.1) is 19.6 Å². The van der Waals surface area contributed by atoms with E-state index in [9.17, 15) is 0 Å². The van der Waals surface area contributed by atoms with Gasteiger partial charge in [-0.1, -0.05) is 11.6 Å². The topological polar surface area (TPSA) is 31.4 Å². The van der Waals surface area contributed by atoms with E-state index in [1.807, 2.05) is 19.1 Å². The summed E-state index contributed by atoms with van der Waals surface area (Å²) >= 11 is 6.10. The smallest absolute Gasteiger partial charge is 0.140 e. The summed E-state index contributed by atoms with van der Waals surface area (Å²) in [4.78, 5) is 4.12. The molecule has 1 aromatic carbocycles. The average molecular weight is 238 g/mol. The second-order valence-corrected chi connectivity index (χ2v) is 3.81. The predicted molar refractivity (Wildman–Crippen MR) is 64.6 cm³/mol. The number of pyridine rings is 1. The highest BCUT2D eigenvalue weighted by atomic mass is 35.5. The van der Waals surface area contributed by atoms with Crippen LogP contribution in [0.25, 0.3) is 10.8 Å². The van der Waals surface area contributed by atoms with Gasteiger partial charge in [-0.3, -0.25) is 0 Å². The molecule has 0 unspecified atom stereocenters. The van der Waals surface area contributed by atoms with Gasteiger partial charge in [-0.25, -0.2) is 4.98 Å². The van der Waals surface area contributed by atoms with Crippen LogP contribution in [-0.2, 0) is 0 Å². The van der Waals surface area contributed by atoms with Crippen molar-refractivity contribution in [2.45, 2.75) is 6.92 Å². The van der Waals surface area contributed by atoms with E-state index in [4.69, 9.17) is 21.1 Å². The van der Waals surface area contributed by atoms with Crippen LogP contribution >= 0.6 is 11.6 Å². The number of ether oxygens (including phenoxy) is 2. The number of aryl methyl sites for hydroxylation is 1. The fourth-order valence-electron chi connectivity index (χ4n) is 1.78. The molecule has 0 aliphatic heterocycles. The highest BCUT2D eigenvalue weighted by Gasteiger charge is 2.13. The Kier molecular flexibility index (Phi) is 2.88. The molecular weight excluding hydrogens is 226 g/mol. The predicted octanol–water partition coefficient (Wildman–Crippen LogP) is 3.21. The normalized spacial score (nSPS) is 10.5. The van der Waals surface area contributed by atoms with Crippen molar-refractivity contribution >= 4 is 22.4 Å². The van der Waals surface area contributed by atoms with Crippen LogP contribution in [0.1, 0.15) is 5.56 Å². The van der Waals surface area contributed by atoms with Crippen LogP contribution in [0.15, 0.2) is 18.3 Å². The molecule has 0 aliphatic carbocycles. The molecule has 0 bridgehead atoms. The first-order chi connectivity index (χ1) is 7.69. The van der Waals surface area contributed by atoms with Gasteiger partial charge in [-0.2, -0.15) is 0 Å². The van der Waals surface area contributed by atoms with E-state index in [-0.39, 0.29) is 0 Å². The van der Waals surface area contributed by atoms with E-state index < -0.39 is 0 Å². The van der Waals surface area contributed by atoms with Crippen molar-refractivity contribution < 1.29 is 9.47 Å². The second kappa shape index (κ2) is 4.18. The first-order valence-corrected chi connectivity index (χ1v) is 5.22. The lowest BCUT2D eigenvalue weighted by Crippen LogP contribution is -1.93. The van der Waals surface area contributed by atoms with E-state index >= 15 is 0 Å². The zero-order valence-electron chi connectivity index (χ0n) is 9.37. The number of hydrogen-bond acceptors (Lipinski definition) is 3. The number of aromatic nitrogens is 1. The minimum absolute atomic E-state index is 0.427. The fraction of sp³-hybridized carbons (Fsp3) is 0.250. The lowest BCUT2D eigenvalue weighted by molar-refractivity contribution is 0.410. The lowest BCUT2D eigenvalue weighted by atomic mass is 10.1. The summed E-state index contributed by atoms with van der Waals surface area (Å²) in [6.07, 6.45) is 1.73. The van der Waals surface area contributed by atoms with Gasteiger partial charge in [0.2, 0.25) is 0 Å². The molecule has 2 aromatic rings. The molecule has 2 rings (SSSR count). The van der Waals surface area contributed by atoms with Crippen LogP contribution in [0.5, 0.6) is 11.5 Å². The Bertz CT molecular complexity index is 492. The number of rotatable bonds is 2. The van der Waals surface area contributed by atoms with Crippen molar-refractivity contribution in [1.29, 1.82) is 0 Å². The molecule has 0 saturated carbocycles. The summed E-state index contributed by atoms with van der Waals surface area (Å²) < 4.78 is 10.6. The van der Waals surface area contributed by atoms with E-state index in [0.29, 0.717) is 10.9 Å². The van der Waals surface area contributed by atoms with Gasteiger partial charge < -0.3 is 9.47 Å². The van der Waals surface area contributed by atoms with Crippen LogP contribution in [-0.4, -0.2) is 19.2 Å². The Morgan fingerprint density at radius 3 is 2.19 bits per heavy atom. The zero-order valence-corrected chi connectivity index (χ0v) is 10.1. The van der Waals surface area contributed by atoms with Crippen molar-refractivity contribution in [1.82, 2.24) is 4.98 Å². The molecule has 3 nitrogen and oxygen atoms in total. The van der Waals surface area contributed by atoms with Gasteiger partial charge in [0, 0.05) is 11.6 Å². The molecule has 16 heavy (non-hydrogen) atoms. The zero-order chi connectivity index (χ0) is 11.7. The first-order valence-electron chi connectivity index (χ1n) is 4.84. The van der Waals surface area contributed by atoms with Gasteiger partial charge in [-0.15, -0.1) is 0 Å². The van der Waals surface area contributed by atoms with Gasteiger partial charge in [0.25, 0.3) is 0 Å². The molecule has 0 spiro atoms. The molecular formula is C12H12ClNO2. The van der Waals surface area contributed by atoms with E-state index in [1.165, 1.54) is 0 Å². The Hall–Kier alpha value is -1.48. The molecule has 1 heterocycles. The monoisotopic (exact) mass is 237 g/mol. The van der Waals surface area contributed by atoms with Gasteiger partial charge >= 0.3 is 0 Å². The third-order valence-electron chi connectivity index (χ3n) is 2.54. The molecule has 0 atom stereocenters. The van der Waals surface area contributed by atoms with Crippen LogP contribution in [0.3, 0.4) is 0 Å². The van der Waals surface area contributed by atoms with Crippen LogP contribution in [0.2, 0.25) is 5.15 Å². The van der Waals surface area contributed by atoms with Crippen LogP contribution < -0.4 is 9.47 Å². The SMILES string of the molecule is COc1ccc(OC)c2c(Cl)ncc(C)c12. The summed E-state index contributed by atoms with van der Waals surface area (Å²) in [5.74, 6) is 1.48. The molecule has 0 saturated heterocycles. The molecule has 84 valence electrons. The number of hydrogen-bond donors (Lipinski definition) is 0. The quantitative estimate of drug-likeness (QED) is 0.752. The maximum Gasteiger partial charge on any atom is 0.140 e. The number of nitrogens with zero attached hydrogens (tertiary/aromatic N) is 1. The Morgan fingerprint density at radius 2 is 1.62 bits per heavy atom. The summed E-state index contributed by atoms with van der Waals surface area (Å²) in [7, 11) is 3.24. The fourth-order valence-corrected chi connectivity index (χ4v) is 2.02. The molecule has 0 amide bonds. The summed E-state index contributed by atoms with van der Waals surface area (Å²) in [5, 5.41) is 2.17. The first kappa shape index (κ1) is 11.0. The number of fused-ring (bicyclic) bond motifs is 1. The van der Waals surface area contributed by atoms with Crippen molar-refractivity contribution in [2.75, 3.05) is 14.2 Å². The maximum absolute atomic E-state index is 6.10. The number of benzene rings is 1. The highest BCUT2D eigenvalue weighted by Crippen LogP contribution is 2.38. The lowest BCUT2D eigenvalue weighted by Gasteiger charge is -2.12. The summed E-state index contributed by atoms with van der Waals surface area (Å²) in [6, 6.07) is 3.69. The molecule has 1 aromatic heterocycles. The van der Waals surface area contributed by atoms with Gasteiger partial charge in [0.1, 0.15) is 16.7 Å². The van der Waals surface area contributed by atoms with Crippen molar-refractivity contribution in [3.63, 3.8) is 0 Å². The molecule has 0 aliphatic rings. The number of halogens is 1. The minimum atomic E-state index is 0.427. The summed E-state index contributed by atoms with van der Waals surface area (Å²) in [5.41, 5.74) is 1.01. The average Bonchev–Trinajstić information content (AvgIpc) is 2.32. The Morgan fingerprint density at radius 1 is 1.06 bits per heavy atom. The molecule has 0 radical (unpaired) electrons. The van der Waals surface area contributed by atoms with Crippen LogP contribution in [0.4, 0.5) is 0 Å². The molecule has 4 heteroatoms. The van der Waals surface area contributed by atoms with Crippen molar-refractivity contribution in [3.8, 4) is 11.5 Å². The van der Waals surface area contributed by atoms with E-state index in [2.05, 4.69) is 4.98 Å². The van der Waals surface area contributed by atoms with Gasteiger partial charge in [-0.05, 0) is 24.6 Å². The number of methoxy groups -OCH3 is 2. The van der Waals surface area contributed by atoms with Crippen LogP contribution in [0, 0.1) is 6.92 Å². The highest BCUT2D eigenvalue weighted by molar-refractivity contribution is 6.35. The second-order valence-electron chi connectivity index (χ2n) is 3.45. The Labute approximate surface area is 99.0 Å². The summed E-state index contributed by atoms with van der Waals surface area (Å²) in [6.45, 7) is 1.97. The standard InChI is InChI=1S/C12H12ClNO2/c1-7-6-14-12(13)11-9(16-3)5-4-8(15-2)10(7)11/h4-6H,1-3H3.